The highest BCUT2D eigenvalue weighted by Gasteiger charge is 2.30. The zero-order valence-corrected chi connectivity index (χ0v) is 15.5. The number of nitrogens with zero attached hydrogens (tertiary/aromatic N) is 1. The molecule has 0 unspecified atom stereocenters. The van der Waals surface area contributed by atoms with Gasteiger partial charge in [-0.1, -0.05) is 37.6 Å². The SMILES string of the molecule is CCCc1ccc(C(=O)COC(=O)C2CCN(S(C)(=O)=O)CC2)cc1. The molecule has 1 aliphatic rings. The summed E-state index contributed by atoms with van der Waals surface area (Å²) in [5, 5.41) is 0. The maximum Gasteiger partial charge on any atom is 0.309 e. The van der Waals surface area contributed by atoms with E-state index in [2.05, 4.69) is 6.92 Å². The molecule has 0 spiro atoms. The van der Waals surface area contributed by atoms with E-state index in [0.29, 0.717) is 31.5 Å². The molecule has 0 amide bonds. The number of Topliss-reactive ketones (excluding diaryl/α,β-unsaturated/α-hetero) is 1. The monoisotopic (exact) mass is 367 g/mol. The number of carbonyl (C=O) groups excluding carboxylic acids is 2. The van der Waals surface area contributed by atoms with Crippen molar-refractivity contribution in [1.29, 1.82) is 0 Å². The second-order valence-corrected chi connectivity index (χ2v) is 8.40. The predicted molar refractivity (Wildman–Crippen MR) is 94.9 cm³/mol. The molecule has 0 atom stereocenters. The first kappa shape index (κ1) is 19.6. The van der Waals surface area contributed by atoms with E-state index in [1.54, 1.807) is 12.1 Å². The summed E-state index contributed by atoms with van der Waals surface area (Å²) in [6.07, 6.45) is 4.02. The molecule has 0 aromatic heterocycles. The molecule has 25 heavy (non-hydrogen) atoms. The van der Waals surface area contributed by atoms with Crippen LogP contribution in [0.25, 0.3) is 0 Å². The van der Waals surface area contributed by atoms with E-state index in [-0.39, 0.29) is 18.3 Å². The maximum absolute atomic E-state index is 12.1. The molecule has 0 saturated carbocycles. The van der Waals surface area contributed by atoms with Gasteiger partial charge < -0.3 is 4.74 Å². The molecule has 7 heteroatoms. The average molecular weight is 367 g/mol. The number of carbonyl (C=O) groups is 2. The highest BCUT2D eigenvalue weighted by atomic mass is 32.2. The number of hydrogen-bond donors (Lipinski definition) is 0. The first-order chi connectivity index (χ1) is 11.8. The number of esters is 1. The van der Waals surface area contributed by atoms with Gasteiger partial charge in [0.25, 0.3) is 0 Å². The molecule has 2 rings (SSSR count). The van der Waals surface area contributed by atoms with Crippen LogP contribution in [0.2, 0.25) is 0 Å². The molecule has 1 aliphatic heterocycles. The van der Waals surface area contributed by atoms with E-state index in [1.807, 2.05) is 12.1 Å². The minimum atomic E-state index is -3.22. The molecular formula is C18H25NO5S. The zero-order valence-electron chi connectivity index (χ0n) is 14.7. The average Bonchev–Trinajstić information content (AvgIpc) is 2.59. The third-order valence-corrected chi connectivity index (χ3v) is 5.72. The quantitative estimate of drug-likeness (QED) is 0.544. The predicted octanol–water partition coefficient (Wildman–Crippen LogP) is 2.04. The minimum Gasteiger partial charge on any atom is -0.457 e. The van der Waals surface area contributed by atoms with Gasteiger partial charge in [0.05, 0.1) is 12.2 Å². The van der Waals surface area contributed by atoms with E-state index < -0.39 is 16.0 Å². The lowest BCUT2D eigenvalue weighted by atomic mass is 9.98. The second-order valence-electron chi connectivity index (χ2n) is 6.41. The number of aryl methyl sites for hydroxylation is 1. The molecule has 1 saturated heterocycles. The number of ether oxygens (including phenoxy) is 1. The van der Waals surface area contributed by atoms with Crippen LogP contribution in [0, 0.1) is 5.92 Å². The van der Waals surface area contributed by atoms with Gasteiger partial charge in [-0.15, -0.1) is 0 Å². The van der Waals surface area contributed by atoms with Crippen molar-refractivity contribution in [1.82, 2.24) is 4.31 Å². The van der Waals surface area contributed by atoms with Crippen molar-refractivity contribution in [2.45, 2.75) is 32.6 Å². The Morgan fingerprint density at radius 1 is 1.16 bits per heavy atom. The third kappa shape index (κ3) is 5.64. The number of sulfonamides is 1. The van der Waals surface area contributed by atoms with Gasteiger partial charge in [0, 0.05) is 18.7 Å². The lowest BCUT2D eigenvalue weighted by Crippen LogP contribution is -2.40. The standard InChI is InChI=1S/C18H25NO5S/c1-3-4-14-5-7-15(8-6-14)17(20)13-24-18(21)16-9-11-19(12-10-16)25(2,22)23/h5-8,16H,3-4,9-13H2,1-2H3. The lowest BCUT2D eigenvalue weighted by Gasteiger charge is -2.28. The molecule has 0 radical (unpaired) electrons. The number of rotatable bonds is 7. The van der Waals surface area contributed by atoms with Crippen LogP contribution >= 0.6 is 0 Å². The van der Waals surface area contributed by atoms with Gasteiger partial charge in [0.15, 0.2) is 12.4 Å². The number of hydrogen-bond acceptors (Lipinski definition) is 5. The largest absolute Gasteiger partial charge is 0.457 e. The summed E-state index contributed by atoms with van der Waals surface area (Å²) in [6, 6.07) is 7.34. The number of ketones is 1. The van der Waals surface area contributed by atoms with Gasteiger partial charge in [0.1, 0.15) is 0 Å². The van der Waals surface area contributed by atoms with Crippen molar-refractivity contribution in [2.75, 3.05) is 26.0 Å². The zero-order chi connectivity index (χ0) is 18.4. The minimum absolute atomic E-state index is 0.232. The summed E-state index contributed by atoms with van der Waals surface area (Å²) in [6.45, 7) is 2.44. The Balaban J connectivity index is 1.81. The van der Waals surface area contributed by atoms with Crippen molar-refractivity contribution >= 4 is 21.8 Å². The van der Waals surface area contributed by atoms with Crippen LogP contribution in [0.3, 0.4) is 0 Å². The molecule has 1 aromatic carbocycles. The fourth-order valence-electron chi connectivity index (χ4n) is 2.91. The summed E-state index contributed by atoms with van der Waals surface area (Å²) < 4.78 is 29.4. The topological polar surface area (TPSA) is 80.8 Å². The first-order valence-electron chi connectivity index (χ1n) is 8.55. The molecule has 1 aromatic rings. The van der Waals surface area contributed by atoms with E-state index >= 15 is 0 Å². The highest BCUT2D eigenvalue weighted by Crippen LogP contribution is 2.20. The summed E-state index contributed by atoms with van der Waals surface area (Å²) in [4.78, 5) is 24.2. The van der Waals surface area contributed by atoms with E-state index in [9.17, 15) is 18.0 Å². The van der Waals surface area contributed by atoms with E-state index in [4.69, 9.17) is 4.74 Å². The maximum atomic E-state index is 12.1. The number of piperidine rings is 1. The fraction of sp³-hybridized carbons (Fsp3) is 0.556. The van der Waals surface area contributed by atoms with Crippen LogP contribution in [-0.4, -0.2) is 50.4 Å². The van der Waals surface area contributed by atoms with Crippen molar-refractivity contribution in [3.8, 4) is 0 Å². The van der Waals surface area contributed by atoms with Gasteiger partial charge >= 0.3 is 5.97 Å². The second kappa shape index (κ2) is 8.58. The molecule has 0 N–H and O–H groups in total. The van der Waals surface area contributed by atoms with Crippen molar-refractivity contribution in [3.63, 3.8) is 0 Å². The molecule has 6 nitrogen and oxygen atoms in total. The van der Waals surface area contributed by atoms with Gasteiger partial charge in [-0.25, -0.2) is 12.7 Å². The molecular weight excluding hydrogens is 342 g/mol. The smallest absolute Gasteiger partial charge is 0.309 e. The Labute approximate surface area is 149 Å². The van der Waals surface area contributed by atoms with Crippen LogP contribution in [0.15, 0.2) is 24.3 Å². The van der Waals surface area contributed by atoms with Gasteiger partial charge in [0.2, 0.25) is 10.0 Å². The van der Waals surface area contributed by atoms with Crippen LogP contribution in [0.1, 0.15) is 42.1 Å². The van der Waals surface area contributed by atoms with Crippen molar-refractivity contribution < 1.29 is 22.7 Å². The Bertz CT molecular complexity index is 703. The normalized spacial score (nSPS) is 16.6. The van der Waals surface area contributed by atoms with Crippen LogP contribution in [-0.2, 0) is 26.0 Å². The molecule has 1 fully saturated rings. The fourth-order valence-corrected chi connectivity index (χ4v) is 3.78. The van der Waals surface area contributed by atoms with E-state index in [0.717, 1.165) is 19.1 Å². The van der Waals surface area contributed by atoms with Gasteiger partial charge in [-0.2, -0.15) is 0 Å². The Kier molecular flexibility index (Phi) is 6.72. The first-order valence-corrected chi connectivity index (χ1v) is 10.4. The molecule has 1 heterocycles. The summed E-state index contributed by atoms with van der Waals surface area (Å²) >= 11 is 0. The highest BCUT2D eigenvalue weighted by molar-refractivity contribution is 7.88. The number of benzene rings is 1. The lowest BCUT2D eigenvalue weighted by molar-refractivity contribution is -0.148. The summed E-state index contributed by atoms with van der Waals surface area (Å²) in [5.74, 6) is -1.01. The van der Waals surface area contributed by atoms with Crippen LogP contribution in [0.5, 0.6) is 0 Å². The molecule has 0 bridgehead atoms. The molecule has 138 valence electrons. The van der Waals surface area contributed by atoms with Gasteiger partial charge in [-0.05, 0) is 24.8 Å². The Morgan fingerprint density at radius 3 is 2.28 bits per heavy atom. The third-order valence-electron chi connectivity index (χ3n) is 4.42. The molecule has 0 aliphatic carbocycles. The summed E-state index contributed by atoms with van der Waals surface area (Å²) in [5.41, 5.74) is 1.70. The summed E-state index contributed by atoms with van der Waals surface area (Å²) in [7, 11) is -3.22. The van der Waals surface area contributed by atoms with E-state index in [1.165, 1.54) is 9.87 Å². The van der Waals surface area contributed by atoms with Gasteiger partial charge in [-0.3, -0.25) is 9.59 Å². The van der Waals surface area contributed by atoms with Crippen LogP contribution < -0.4 is 0 Å². The van der Waals surface area contributed by atoms with Crippen molar-refractivity contribution in [3.05, 3.63) is 35.4 Å². The van der Waals surface area contributed by atoms with Crippen molar-refractivity contribution in [2.24, 2.45) is 5.92 Å². The van der Waals surface area contributed by atoms with Crippen LogP contribution in [0.4, 0.5) is 0 Å². The Hall–Kier alpha value is -1.73. The Morgan fingerprint density at radius 2 is 1.76 bits per heavy atom.